The number of aryl methyl sites for hydroxylation is 1. The Morgan fingerprint density at radius 3 is 2.40 bits per heavy atom. The number of hydrogen-bond donors (Lipinski definition) is 0. The number of hydrogen-bond acceptors (Lipinski definition) is 6. The predicted octanol–water partition coefficient (Wildman–Crippen LogP) is 2.12. The molecule has 0 N–H and O–H groups in total. The van der Waals surface area contributed by atoms with Crippen molar-refractivity contribution in [3.8, 4) is 0 Å². The molecule has 3 heterocycles. The smallest absolute Gasteiger partial charge is 0.306 e. The van der Waals surface area contributed by atoms with Crippen LogP contribution in [0.2, 0.25) is 0 Å². The second kappa shape index (κ2) is 7.90. The highest BCUT2D eigenvalue weighted by molar-refractivity contribution is 6.21. The quantitative estimate of drug-likeness (QED) is 0.460. The fraction of sp³-hybridized carbons (Fsp3) is 0.227. The summed E-state index contributed by atoms with van der Waals surface area (Å²) in [5.41, 5.74) is 2.14. The van der Waals surface area contributed by atoms with Crippen LogP contribution >= 0.6 is 0 Å². The molecule has 0 aliphatic carbocycles. The van der Waals surface area contributed by atoms with Crippen molar-refractivity contribution in [3.63, 3.8) is 0 Å². The number of imide groups is 1. The molecule has 0 bridgehead atoms. The maximum atomic E-state index is 12.3. The van der Waals surface area contributed by atoms with Crippen LogP contribution in [0, 0.1) is 6.92 Å². The molecule has 8 nitrogen and oxygen atoms in total. The van der Waals surface area contributed by atoms with Gasteiger partial charge < -0.3 is 4.74 Å². The Morgan fingerprint density at radius 1 is 1.00 bits per heavy atom. The van der Waals surface area contributed by atoms with Gasteiger partial charge in [0.25, 0.3) is 17.4 Å². The van der Waals surface area contributed by atoms with E-state index in [1.807, 2.05) is 13.0 Å². The largest absolute Gasteiger partial charge is 0.459 e. The van der Waals surface area contributed by atoms with Crippen LogP contribution in [0.4, 0.5) is 0 Å². The Morgan fingerprint density at radius 2 is 1.70 bits per heavy atom. The van der Waals surface area contributed by atoms with E-state index in [-0.39, 0.29) is 43.4 Å². The third-order valence-corrected chi connectivity index (χ3v) is 4.96. The Hall–Kier alpha value is -3.81. The Kier molecular flexibility index (Phi) is 5.14. The van der Waals surface area contributed by atoms with Crippen molar-refractivity contribution >= 4 is 23.4 Å². The van der Waals surface area contributed by atoms with Crippen LogP contribution < -0.4 is 5.56 Å². The van der Waals surface area contributed by atoms with Gasteiger partial charge in [0.2, 0.25) is 0 Å². The first kappa shape index (κ1) is 19.5. The molecule has 1 aliphatic heterocycles. The number of esters is 1. The van der Waals surface area contributed by atoms with Gasteiger partial charge in [-0.1, -0.05) is 18.2 Å². The third-order valence-electron chi connectivity index (χ3n) is 4.96. The normalized spacial score (nSPS) is 13.0. The highest BCUT2D eigenvalue weighted by atomic mass is 16.5. The summed E-state index contributed by atoms with van der Waals surface area (Å²) in [5, 5.41) is 0. The van der Waals surface area contributed by atoms with Gasteiger partial charge in [-0.3, -0.25) is 28.5 Å². The van der Waals surface area contributed by atoms with Crippen molar-refractivity contribution in [1.82, 2.24) is 14.3 Å². The van der Waals surface area contributed by atoms with Crippen LogP contribution in [0.5, 0.6) is 0 Å². The number of rotatable bonds is 6. The number of amides is 2. The zero-order valence-electron chi connectivity index (χ0n) is 16.3. The monoisotopic (exact) mass is 405 g/mol. The van der Waals surface area contributed by atoms with E-state index in [0.717, 1.165) is 10.6 Å². The lowest BCUT2D eigenvalue weighted by Crippen LogP contribution is -2.31. The first-order valence-electron chi connectivity index (χ1n) is 9.55. The summed E-state index contributed by atoms with van der Waals surface area (Å²) in [6.45, 7) is 1.83. The lowest BCUT2D eigenvalue weighted by atomic mass is 10.1. The second-order valence-corrected chi connectivity index (χ2v) is 7.02. The van der Waals surface area contributed by atoms with Gasteiger partial charge in [0.15, 0.2) is 0 Å². The highest BCUT2D eigenvalue weighted by Gasteiger charge is 2.34. The van der Waals surface area contributed by atoms with E-state index in [1.54, 1.807) is 36.4 Å². The molecule has 1 aliphatic rings. The van der Waals surface area contributed by atoms with Crippen molar-refractivity contribution < 1.29 is 19.1 Å². The van der Waals surface area contributed by atoms with E-state index in [2.05, 4.69) is 4.98 Å². The topological polar surface area (TPSA) is 98.0 Å². The molecule has 0 unspecified atom stereocenters. The molecule has 2 amide bonds. The summed E-state index contributed by atoms with van der Waals surface area (Å²) in [7, 11) is 0. The number of aromatic nitrogens is 2. The first-order chi connectivity index (χ1) is 14.5. The lowest BCUT2D eigenvalue weighted by Gasteiger charge is -2.13. The van der Waals surface area contributed by atoms with Crippen LogP contribution in [-0.4, -0.2) is 38.6 Å². The summed E-state index contributed by atoms with van der Waals surface area (Å²) >= 11 is 0. The summed E-state index contributed by atoms with van der Waals surface area (Å²) in [5.74, 6) is -1.18. The molecule has 0 saturated heterocycles. The second-order valence-electron chi connectivity index (χ2n) is 7.02. The lowest BCUT2D eigenvalue weighted by molar-refractivity contribution is -0.145. The molecule has 1 aromatic carbocycles. The van der Waals surface area contributed by atoms with E-state index in [0.29, 0.717) is 22.5 Å². The summed E-state index contributed by atoms with van der Waals surface area (Å²) in [4.78, 5) is 54.4. The van der Waals surface area contributed by atoms with Crippen LogP contribution in [-0.2, 0) is 16.1 Å². The Balaban J connectivity index is 1.31. The van der Waals surface area contributed by atoms with E-state index in [1.165, 1.54) is 10.5 Å². The summed E-state index contributed by atoms with van der Waals surface area (Å²) < 4.78 is 6.68. The van der Waals surface area contributed by atoms with Crippen LogP contribution in [0.15, 0.2) is 53.3 Å². The molecule has 4 rings (SSSR count). The molecule has 8 heteroatoms. The number of fused-ring (bicyclic) bond motifs is 2. The van der Waals surface area contributed by atoms with Gasteiger partial charge in [-0.25, -0.2) is 4.98 Å². The molecular weight excluding hydrogens is 386 g/mol. The van der Waals surface area contributed by atoms with Gasteiger partial charge in [-0.2, -0.15) is 0 Å². The van der Waals surface area contributed by atoms with Gasteiger partial charge in [-0.05, 0) is 37.6 Å². The average Bonchev–Trinajstić information content (AvgIpc) is 2.97. The van der Waals surface area contributed by atoms with Crippen molar-refractivity contribution in [2.75, 3.05) is 6.54 Å². The Bertz CT molecular complexity index is 1200. The molecule has 152 valence electrons. The number of benzene rings is 1. The molecule has 30 heavy (non-hydrogen) atoms. The van der Waals surface area contributed by atoms with Crippen molar-refractivity contribution in [3.05, 3.63) is 81.4 Å². The molecule has 0 atom stereocenters. The maximum Gasteiger partial charge on any atom is 0.306 e. The molecule has 0 fully saturated rings. The van der Waals surface area contributed by atoms with Crippen LogP contribution in [0.3, 0.4) is 0 Å². The molecule has 0 radical (unpaired) electrons. The fourth-order valence-corrected chi connectivity index (χ4v) is 3.49. The van der Waals surface area contributed by atoms with Gasteiger partial charge in [-0.15, -0.1) is 0 Å². The van der Waals surface area contributed by atoms with Gasteiger partial charge in [0.1, 0.15) is 12.3 Å². The molecule has 0 spiro atoms. The third kappa shape index (κ3) is 3.59. The van der Waals surface area contributed by atoms with Crippen molar-refractivity contribution in [2.45, 2.75) is 26.4 Å². The molecule has 0 saturated carbocycles. The molecule has 3 aromatic rings. The predicted molar refractivity (Wildman–Crippen MR) is 107 cm³/mol. The Labute approximate surface area is 171 Å². The summed E-state index contributed by atoms with van der Waals surface area (Å²) in [6.07, 6.45) is 0.330. The van der Waals surface area contributed by atoms with Gasteiger partial charge >= 0.3 is 5.97 Å². The van der Waals surface area contributed by atoms with Gasteiger partial charge in [0.05, 0.1) is 16.8 Å². The van der Waals surface area contributed by atoms with E-state index >= 15 is 0 Å². The molecule has 2 aromatic heterocycles. The molecular formula is C22H19N3O5. The van der Waals surface area contributed by atoms with Crippen molar-refractivity contribution in [1.29, 1.82) is 0 Å². The fourth-order valence-electron chi connectivity index (χ4n) is 3.49. The number of pyridine rings is 1. The number of ether oxygens (including phenoxy) is 1. The zero-order chi connectivity index (χ0) is 21.3. The first-order valence-corrected chi connectivity index (χ1v) is 9.55. The minimum Gasteiger partial charge on any atom is -0.459 e. The van der Waals surface area contributed by atoms with Crippen molar-refractivity contribution in [2.24, 2.45) is 0 Å². The minimum absolute atomic E-state index is 0.0408. The number of carbonyl (C=O) groups excluding carboxylic acids is 3. The van der Waals surface area contributed by atoms with E-state index in [9.17, 15) is 19.2 Å². The van der Waals surface area contributed by atoms with E-state index in [4.69, 9.17) is 4.74 Å². The van der Waals surface area contributed by atoms with Crippen LogP contribution in [0.25, 0.3) is 5.65 Å². The number of carbonyl (C=O) groups is 3. The standard InChI is InChI=1S/C22H19N3O5/c1-14-6-4-9-18-23-15(12-19(26)25(14)18)13-30-20(27)10-5-11-24-21(28)16-7-2-3-8-17(16)22(24)29/h2-4,6-9,12H,5,10-11,13H2,1H3. The highest BCUT2D eigenvalue weighted by Crippen LogP contribution is 2.22. The minimum atomic E-state index is -0.488. The zero-order valence-corrected chi connectivity index (χ0v) is 16.3. The van der Waals surface area contributed by atoms with Gasteiger partial charge in [0, 0.05) is 24.7 Å². The van der Waals surface area contributed by atoms with Crippen LogP contribution in [0.1, 0.15) is 44.9 Å². The van der Waals surface area contributed by atoms with E-state index < -0.39 is 5.97 Å². The number of nitrogens with zero attached hydrogens (tertiary/aromatic N) is 3. The SMILES string of the molecule is Cc1cccc2nc(COC(=O)CCCN3C(=O)c4ccccc4C3=O)cc(=O)n12. The summed E-state index contributed by atoms with van der Waals surface area (Å²) in [6, 6.07) is 13.3. The maximum absolute atomic E-state index is 12.3. The average molecular weight is 405 g/mol.